The Balaban J connectivity index is 1.89. The van der Waals surface area contributed by atoms with Gasteiger partial charge < -0.3 is 4.90 Å². The van der Waals surface area contributed by atoms with Crippen molar-refractivity contribution in [2.24, 2.45) is 10.8 Å². The summed E-state index contributed by atoms with van der Waals surface area (Å²) in [5, 5.41) is 0. The number of nitrogens with zero attached hydrogens (tertiary/aromatic N) is 3. The van der Waals surface area contributed by atoms with Crippen molar-refractivity contribution in [1.29, 1.82) is 0 Å². The van der Waals surface area contributed by atoms with Crippen LogP contribution in [0.25, 0.3) is 0 Å². The van der Waals surface area contributed by atoms with Crippen molar-refractivity contribution in [1.82, 2.24) is 15.2 Å². The summed E-state index contributed by atoms with van der Waals surface area (Å²) >= 11 is 0. The molecule has 0 amide bonds. The Morgan fingerprint density at radius 1 is 1.17 bits per heavy atom. The van der Waals surface area contributed by atoms with Gasteiger partial charge in [-0.1, -0.05) is 12.8 Å². The molecule has 1 saturated carbocycles. The fourth-order valence-corrected chi connectivity index (χ4v) is 2.87. The summed E-state index contributed by atoms with van der Waals surface area (Å²) in [6, 6.07) is 1.12. The normalized spacial score (nSPS) is 24.0. The smallest absolute Gasteiger partial charge is 0.208 e. The van der Waals surface area contributed by atoms with E-state index in [2.05, 4.69) is 29.1 Å². The second-order valence-corrected chi connectivity index (χ2v) is 5.65. The molecule has 2 fully saturated rings. The zero-order valence-electron chi connectivity index (χ0n) is 11.7. The molecule has 104 valence electrons. The molecule has 0 aromatic heterocycles. The summed E-state index contributed by atoms with van der Waals surface area (Å²) < 4.78 is 0. The molecule has 1 aliphatic heterocycles. The Kier molecular flexibility index (Phi) is 4.83. The van der Waals surface area contributed by atoms with Gasteiger partial charge in [-0.05, 0) is 26.7 Å². The molecule has 18 heavy (non-hydrogen) atoms. The van der Waals surface area contributed by atoms with E-state index in [-0.39, 0.29) is 0 Å². The monoisotopic (exact) mass is 253 g/mol. The van der Waals surface area contributed by atoms with Crippen LogP contribution in [-0.4, -0.2) is 54.0 Å². The Labute approximate surface area is 110 Å². The molecule has 0 atom stereocenters. The molecule has 0 radical (unpaired) electrons. The third-order valence-electron chi connectivity index (χ3n) is 4.10. The maximum absolute atomic E-state index is 5.64. The molecule has 0 bridgehead atoms. The van der Waals surface area contributed by atoms with E-state index >= 15 is 0 Å². The lowest BCUT2D eigenvalue weighted by Crippen LogP contribution is -2.55. The molecular weight excluding hydrogens is 226 g/mol. The summed E-state index contributed by atoms with van der Waals surface area (Å²) in [5.74, 6) is 6.53. The first kappa shape index (κ1) is 13.6. The van der Waals surface area contributed by atoms with Crippen LogP contribution in [-0.2, 0) is 0 Å². The van der Waals surface area contributed by atoms with E-state index < -0.39 is 0 Å². The summed E-state index contributed by atoms with van der Waals surface area (Å²) in [6.07, 6.45) is 5.06. The van der Waals surface area contributed by atoms with Gasteiger partial charge in [0.25, 0.3) is 0 Å². The number of aliphatic imine (C=N–C) groups is 1. The van der Waals surface area contributed by atoms with Crippen molar-refractivity contribution in [3.63, 3.8) is 0 Å². The number of nitrogens with two attached hydrogens (primary N) is 1. The molecule has 0 aromatic rings. The lowest BCUT2D eigenvalue weighted by Gasteiger charge is -2.38. The van der Waals surface area contributed by atoms with Gasteiger partial charge in [-0.2, -0.15) is 0 Å². The minimum Gasteiger partial charge on any atom is -0.339 e. The van der Waals surface area contributed by atoms with Crippen LogP contribution in [0.3, 0.4) is 0 Å². The standard InChI is InChI=1S/C13H27N5/c1-11(2)17-7-9-18(10-8-17)13(16-14)15-12-5-3-4-6-12/h11-12H,3-10,14H2,1-2H3,(H,15,16). The molecule has 2 aliphatic rings. The third-order valence-corrected chi connectivity index (χ3v) is 4.10. The van der Waals surface area contributed by atoms with Gasteiger partial charge in [-0.3, -0.25) is 10.3 Å². The number of piperazine rings is 1. The van der Waals surface area contributed by atoms with Crippen molar-refractivity contribution in [3.05, 3.63) is 0 Å². The maximum atomic E-state index is 5.64. The first-order chi connectivity index (χ1) is 8.70. The van der Waals surface area contributed by atoms with E-state index in [1.165, 1.54) is 25.7 Å². The zero-order valence-corrected chi connectivity index (χ0v) is 11.7. The van der Waals surface area contributed by atoms with Crippen molar-refractivity contribution in [2.75, 3.05) is 26.2 Å². The van der Waals surface area contributed by atoms with Crippen molar-refractivity contribution in [2.45, 2.75) is 51.6 Å². The topological polar surface area (TPSA) is 56.9 Å². The second kappa shape index (κ2) is 6.38. The molecular formula is C13H27N5. The lowest BCUT2D eigenvalue weighted by molar-refractivity contribution is 0.146. The summed E-state index contributed by atoms with van der Waals surface area (Å²) in [5.41, 5.74) is 2.80. The highest BCUT2D eigenvalue weighted by molar-refractivity contribution is 5.79. The van der Waals surface area contributed by atoms with Crippen LogP contribution in [0.1, 0.15) is 39.5 Å². The maximum Gasteiger partial charge on any atom is 0.208 e. The predicted octanol–water partition coefficient (Wildman–Crippen LogP) is 0.774. The SMILES string of the molecule is CC(C)N1CCN(C(=NC2CCCC2)NN)CC1. The van der Waals surface area contributed by atoms with Gasteiger partial charge in [-0.25, -0.2) is 10.8 Å². The highest BCUT2D eigenvalue weighted by Gasteiger charge is 2.22. The molecule has 0 unspecified atom stereocenters. The van der Waals surface area contributed by atoms with E-state index in [4.69, 9.17) is 10.8 Å². The summed E-state index contributed by atoms with van der Waals surface area (Å²) in [7, 11) is 0. The second-order valence-electron chi connectivity index (χ2n) is 5.65. The minimum atomic E-state index is 0.485. The third kappa shape index (κ3) is 3.36. The molecule has 1 saturated heterocycles. The fourth-order valence-electron chi connectivity index (χ4n) is 2.87. The van der Waals surface area contributed by atoms with E-state index in [0.717, 1.165) is 32.1 Å². The molecule has 1 heterocycles. The predicted molar refractivity (Wildman–Crippen MR) is 75.3 cm³/mol. The quantitative estimate of drug-likeness (QED) is 0.330. The Morgan fingerprint density at radius 2 is 1.78 bits per heavy atom. The van der Waals surface area contributed by atoms with Crippen molar-refractivity contribution < 1.29 is 0 Å². The van der Waals surface area contributed by atoms with Crippen LogP contribution in [0.2, 0.25) is 0 Å². The highest BCUT2D eigenvalue weighted by atomic mass is 15.4. The number of guanidine groups is 1. The van der Waals surface area contributed by atoms with Gasteiger partial charge in [0.05, 0.1) is 6.04 Å². The number of rotatable bonds is 2. The molecule has 3 N–H and O–H groups in total. The van der Waals surface area contributed by atoms with E-state index in [0.29, 0.717) is 12.1 Å². The van der Waals surface area contributed by atoms with E-state index in [1.54, 1.807) is 0 Å². The van der Waals surface area contributed by atoms with Gasteiger partial charge in [0.1, 0.15) is 0 Å². The summed E-state index contributed by atoms with van der Waals surface area (Å²) in [4.78, 5) is 9.56. The van der Waals surface area contributed by atoms with Gasteiger partial charge in [0.15, 0.2) is 0 Å². The van der Waals surface area contributed by atoms with Crippen LogP contribution < -0.4 is 11.3 Å². The number of nitrogens with one attached hydrogen (secondary N) is 1. The Bertz CT molecular complexity index is 275. The largest absolute Gasteiger partial charge is 0.339 e. The molecule has 2 rings (SSSR count). The number of hydrogen-bond acceptors (Lipinski definition) is 3. The van der Waals surface area contributed by atoms with Crippen molar-refractivity contribution in [3.8, 4) is 0 Å². The first-order valence-corrected chi connectivity index (χ1v) is 7.24. The van der Waals surface area contributed by atoms with E-state index in [9.17, 15) is 0 Å². The fraction of sp³-hybridized carbons (Fsp3) is 0.923. The molecule has 5 heteroatoms. The van der Waals surface area contributed by atoms with Crippen molar-refractivity contribution >= 4 is 5.96 Å². The van der Waals surface area contributed by atoms with Gasteiger partial charge in [-0.15, -0.1) is 0 Å². The number of hydrogen-bond donors (Lipinski definition) is 2. The van der Waals surface area contributed by atoms with Gasteiger partial charge in [0, 0.05) is 32.2 Å². The van der Waals surface area contributed by atoms with Crippen LogP contribution in [0.5, 0.6) is 0 Å². The van der Waals surface area contributed by atoms with Crippen LogP contribution >= 0.6 is 0 Å². The molecule has 5 nitrogen and oxygen atoms in total. The average Bonchev–Trinajstić information content (AvgIpc) is 2.89. The molecule has 1 aliphatic carbocycles. The summed E-state index contributed by atoms with van der Waals surface area (Å²) in [6.45, 7) is 8.75. The number of hydrazine groups is 1. The van der Waals surface area contributed by atoms with Gasteiger partial charge >= 0.3 is 0 Å². The molecule has 0 spiro atoms. The Morgan fingerprint density at radius 3 is 2.28 bits per heavy atom. The van der Waals surface area contributed by atoms with Crippen LogP contribution in [0.4, 0.5) is 0 Å². The highest BCUT2D eigenvalue weighted by Crippen LogP contribution is 2.21. The lowest BCUT2D eigenvalue weighted by atomic mass is 10.2. The molecule has 0 aromatic carbocycles. The average molecular weight is 253 g/mol. The minimum absolute atomic E-state index is 0.485. The van der Waals surface area contributed by atoms with Gasteiger partial charge in [0.2, 0.25) is 5.96 Å². The first-order valence-electron chi connectivity index (χ1n) is 7.24. The van der Waals surface area contributed by atoms with Crippen LogP contribution in [0.15, 0.2) is 4.99 Å². The van der Waals surface area contributed by atoms with Crippen LogP contribution in [0, 0.1) is 0 Å². The zero-order chi connectivity index (χ0) is 13.0. The van der Waals surface area contributed by atoms with E-state index in [1.807, 2.05) is 0 Å². The Hall–Kier alpha value is -0.810.